The van der Waals surface area contributed by atoms with Gasteiger partial charge in [-0.3, -0.25) is 4.79 Å². The lowest BCUT2D eigenvalue weighted by atomic mass is 10.0. The molecule has 0 aliphatic heterocycles. The van der Waals surface area contributed by atoms with Crippen LogP contribution in [0.3, 0.4) is 0 Å². The summed E-state index contributed by atoms with van der Waals surface area (Å²) in [4.78, 5) is 16.6. The van der Waals surface area contributed by atoms with Gasteiger partial charge in [-0.25, -0.2) is 4.98 Å². The van der Waals surface area contributed by atoms with Gasteiger partial charge in [-0.05, 0) is 47.9 Å². The lowest BCUT2D eigenvalue weighted by Gasteiger charge is -2.09. The molecular formula is C23H26N2O3S. The molecule has 1 aromatic heterocycles. The van der Waals surface area contributed by atoms with Crippen LogP contribution in [0.1, 0.15) is 31.0 Å². The molecule has 1 amide bonds. The van der Waals surface area contributed by atoms with Crippen LogP contribution in [0.4, 0.5) is 0 Å². The summed E-state index contributed by atoms with van der Waals surface area (Å²) in [5.74, 6) is 1.87. The maximum atomic E-state index is 12.0. The van der Waals surface area contributed by atoms with Crippen LogP contribution >= 0.6 is 11.3 Å². The second-order valence-electron chi connectivity index (χ2n) is 6.98. The zero-order valence-electron chi connectivity index (χ0n) is 17.0. The van der Waals surface area contributed by atoms with Gasteiger partial charge in [0.1, 0.15) is 16.5 Å². The largest absolute Gasteiger partial charge is 0.497 e. The van der Waals surface area contributed by atoms with Gasteiger partial charge >= 0.3 is 0 Å². The van der Waals surface area contributed by atoms with Gasteiger partial charge in [0, 0.05) is 23.9 Å². The topological polar surface area (TPSA) is 60.5 Å². The third-order valence-corrected chi connectivity index (χ3v) is 5.45. The van der Waals surface area contributed by atoms with Crippen molar-refractivity contribution < 1.29 is 14.3 Å². The van der Waals surface area contributed by atoms with E-state index in [1.807, 2.05) is 53.9 Å². The maximum Gasteiger partial charge on any atom is 0.257 e. The summed E-state index contributed by atoms with van der Waals surface area (Å²) < 4.78 is 10.7. The first-order valence-corrected chi connectivity index (χ1v) is 10.5. The number of amides is 1. The standard InChI is InChI=1S/C23H26N2O3S/c1-16(2)17-4-10-21(11-5-17)28-14-22(26)24-13-12-19-15-29-23(25-19)18-6-8-20(27-3)9-7-18/h4-11,15-16H,12-14H2,1-3H3,(H,24,26). The first kappa shape index (κ1) is 20.9. The van der Waals surface area contributed by atoms with Crippen molar-refractivity contribution in [2.75, 3.05) is 20.3 Å². The zero-order valence-corrected chi connectivity index (χ0v) is 17.8. The number of carbonyl (C=O) groups is 1. The fourth-order valence-corrected chi connectivity index (χ4v) is 3.63. The Labute approximate surface area is 175 Å². The number of ether oxygens (including phenoxy) is 2. The van der Waals surface area contributed by atoms with Gasteiger partial charge in [-0.2, -0.15) is 0 Å². The third-order valence-electron chi connectivity index (χ3n) is 4.51. The summed E-state index contributed by atoms with van der Waals surface area (Å²) in [5, 5.41) is 5.87. The molecule has 0 spiro atoms. The maximum absolute atomic E-state index is 12.0. The molecule has 0 unspecified atom stereocenters. The number of methoxy groups -OCH3 is 1. The average Bonchev–Trinajstić information content (AvgIpc) is 3.21. The van der Waals surface area contributed by atoms with E-state index in [1.165, 1.54) is 5.56 Å². The number of benzene rings is 2. The van der Waals surface area contributed by atoms with E-state index < -0.39 is 0 Å². The van der Waals surface area contributed by atoms with Crippen LogP contribution < -0.4 is 14.8 Å². The second kappa shape index (κ2) is 10.1. The summed E-state index contributed by atoms with van der Waals surface area (Å²) in [7, 11) is 1.65. The average molecular weight is 411 g/mol. The van der Waals surface area contributed by atoms with Gasteiger partial charge in [-0.15, -0.1) is 11.3 Å². The Bertz CT molecular complexity index is 918. The SMILES string of the molecule is COc1ccc(-c2nc(CCNC(=O)COc3ccc(C(C)C)cc3)cs2)cc1. The van der Waals surface area contributed by atoms with Crippen molar-refractivity contribution in [1.29, 1.82) is 0 Å². The Morgan fingerprint density at radius 1 is 1.07 bits per heavy atom. The molecule has 2 aromatic carbocycles. The lowest BCUT2D eigenvalue weighted by Crippen LogP contribution is -2.30. The monoisotopic (exact) mass is 410 g/mol. The third kappa shape index (κ3) is 6.06. The quantitative estimate of drug-likeness (QED) is 0.556. The molecule has 29 heavy (non-hydrogen) atoms. The van der Waals surface area contributed by atoms with Crippen LogP contribution in [0.2, 0.25) is 0 Å². The Kier molecular flexibility index (Phi) is 7.25. The summed E-state index contributed by atoms with van der Waals surface area (Å²) in [6.45, 7) is 4.83. The first-order valence-electron chi connectivity index (χ1n) is 9.63. The van der Waals surface area contributed by atoms with Crippen molar-refractivity contribution in [3.63, 3.8) is 0 Å². The van der Waals surface area contributed by atoms with Crippen LogP contribution in [0, 0.1) is 0 Å². The molecule has 0 saturated carbocycles. The van der Waals surface area contributed by atoms with Crippen molar-refractivity contribution >= 4 is 17.2 Å². The first-order chi connectivity index (χ1) is 14.0. The molecule has 0 atom stereocenters. The minimum absolute atomic E-state index is 0.00912. The molecular weight excluding hydrogens is 384 g/mol. The number of hydrogen-bond acceptors (Lipinski definition) is 5. The van der Waals surface area contributed by atoms with Crippen LogP contribution in [-0.2, 0) is 11.2 Å². The van der Waals surface area contributed by atoms with Gasteiger partial charge < -0.3 is 14.8 Å². The van der Waals surface area contributed by atoms with Gasteiger partial charge in [-0.1, -0.05) is 26.0 Å². The molecule has 0 aliphatic carbocycles. The Morgan fingerprint density at radius 2 is 1.76 bits per heavy atom. The molecule has 1 heterocycles. The number of hydrogen-bond donors (Lipinski definition) is 1. The summed E-state index contributed by atoms with van der Waals surface area (Å²) in [5.41, 5.74) is 3.27. The molecule has 0 radical (unpaired) electrons. The number of nitrogens with one attached hydrogen (secondary N) is 1. The Morgan fingerprint density at radius 3 is 2.41 bits per heavy atom. The van der Waals surface area contributed by atoms with Gasteiger partial charge in [0.05, 0.1) is 12.8 Å². The number of rotatable bonds is 9. The van der Waals surface area contributed by atoms with Crippen LogP contribution in [0.15, 0.2) is 53.9 Å². The fraction of sp³-hybridized carbons (Fsp3) is 0.304. The zero-order chi connectivity index (χ0) is 20.6. The molecule has 152 valence electrons. The van der Waals surface area contributed by atoms with Gasteiger partial charge in [0.25, 0.3) is 5.91 Å². The van der Waals surface area contributed by atoms with E-state index in [-0.39, 0.29) is 12.5 Å². The molecule has 6 heteroatoms. The van der Waals surface area contributed by atoms with E-state index in [4.69, 9.17) is 9.47 Å². The van der Waals surface area contributed by atoms with Crippen molar-refractivity contribution in [3.8, 4) is 22.1 Å². The van der Waals surface area contributed by atoms with Crippen molar-refractivity contribution in [2.24, 2.45) is 0 Å². The summed E-state index contributed by atoms with van der Waals surface area (Å²) in [6.07, 6.45) is 0.682. The van der Waals surface area contributed by atoms with E-state index >= 15 is 0 Å². The lowest BCUT2D eigenvalue weighted by molar-refractivity contribution is -0.123. The minimum Gasteiger partial charge on any atom is -0.497 e. The van der Waals surface area contributed by atoms with Crippen molar-refractivity contribution in [1.82, 2.24) is 10.3 Å². The highest BCUT2D eigenvalue weighted by molar-refractivity contribution is 7.13. The molecule has 0 fully saturated rings. The second-order valence-corrected chi connectivity index (χ2v) is 7.84. The van der Waals surface area contributed by atoms with Crippen molar-refractivity contribution in [2.45, 2.75) is 26.2 Å². The van der Waals surface area contributed by atoms with E-state index in [1.54, 1.807) is 18.4 Å². The number of thiazole rings is 1. The predicted molar refractivity (Wildman–Crippen MR) is 117 cm³/mol. The Hall–Kier alpha value is -2.86. The fourth-order valence-electron chi connectivity index (χ4n) is 2.77. The van der Waals surface area contributed by atoms with Crippen molar-refractivity contribution in [3.05, 3.63) is 65.2 Å². The highest BCUT2D eigenvalue weighted by atomic mass is 32.1. The normalized spacial score (nSPS) is 10.8. The minimum atomic E-state index is -0.136. The highest BCUT2D eigenvalue weighted by Crippen LogP contribution is 2.25. The molecule has 1 N–H and O–H groups in total. The molecule has 0 aliphatic rings. The molecule has 3 aromatic rings. The van der Waals surface area contributed by atoms with Crippen LogP contribution in [0.5, 0.6) is 11.5 Å². The number of aromatic nitrogens is 1. The van der Waals surface area contributed by atoms with E-state index in [2.05, 4.69) is 24.1 Å². The smallest absolute Gasteiger partial charge is 0.257 e. The predicted octanol–water partition coefficient (Wildman–Crippen LogP) is 4.68. The van der Waals surface area contributed by atoms with E-state index in [0.29, 0.717) is 24.6 Å². The molecule has 0 saturated heterocycles. The molecule has 3 rings (SSSR count). The summed E-state index contributed by atoms with van der Waals surface area (Å²) >= 11 is 1.60. The summed E-state index contributed by atoms with van der Waals surface area (Å²) in [6, 6.07) is 15.7. The van der Waals surface area contributed by atoms with E-state index in [9.17, 15) is 4.79 Å². The van der Waals surface area contributed by atoms with Gasteiger partial charge in [0.2, 0.25) is 0 Å². The van der Waals surface area contributed by atoms with Crippen LogP contribution in [0.25, 0.3) is 10.6 Å². The van der Waals surface area contributed by atoms with Gasteiger partial charge in [0.15, 0.2) is 6.61 Å². The molecule has 5 nitrogen and oxygen atoms in total. The molecule has 0 bridgehead atoms. The Balaban J connectivity index is 1.41. The number of carbonyl (C=O) groups excluding carboxylic acids is 1. The van der Waals surface area contributed by atoms with E-state index in [0.717, 1.165) is 22.0 Å². The van der Waals surface area contributed by atoms with Crippen LogP contribution in [-0.4, -0.2) is 31.2 Å². The number of nitrogens with zero attached hydrogens (tertiary/aromatic N) is 1. The highest BCUT2D eigenvalue weighted by Gasteiger charge is 2.07.